The van der Waals surface area contributed by atoms with Crippen LogP contribution in [0.1, 0.15) is 19.3 Å². The molecule has 0 heterocycles. The van der Waals surface area contributed by atoms with Crippen molar-refractivity contribution in [1.82, 2.24) is 4.90 Å². The Balaban J connectivity index is 3.02. The summed E-state index contributed by atoms with van der Waals surface area (Å²) < 4.78 is 0. The predicted molar refractivity (Wildman–Crippen MR) is 55.0 cm³/mol. The van der Waals surface area contributed by atoms with Crippen LogP contribution < -0.4 is 5.73 Å². The van der Waals surface area contributed by atoms with Crippen LogP contribution in [0.25, 0.3) is 0 Å². The van der Waals surface area contributed by atoms with Crippen molar-refractivity contribution in [2.45, 2.75) is 19.3 Å². The van der Waals surface area contributed by atoms with E-state index in [-0.39, 0.29) is 0 Å². The van der Waals surface area contributed by atoms with Gasteiger partial charge in [0.05, 0.1) is 0 Å². The Labute approximate surface area is 72.7 Å². The maximum atomic E-state index is 5.40. The molecule has 3 heteroatoms. The van der Waals surface area contributed by atoms with Crippen molar-refractivity contribution in [3.8, 4) is 0 Å². The largest absolute Gasteiger partial charge is 0.330 e. The summed E-state index contributed by atoms with van der Waals surface area (Å²) in [7, 11) is 4.92. The van der Waals surface area contributed by atoms with Crippen LogP contribution in [-0.2, 0) is 0 Å². The van der Waals surface area contributed by atoms with Gasteiger partial charge in [0.25, 0.3) is 0 Å². The summed E-state index contributed by atoms with van der Waals surface area (Å²) in [4.78, 5) is 2.35. The Morgan fingerprint density at radius 3 is 2.36 bits per heavy atom. The second-order valence-electron chi connectivity index (χ2n) is 2.94. The predicted octanol–water partition coefficient (Wildman–Crippen LogP) is 0.922. The maximum absolute atomic E-state index is 5.40. The topological polar surface area (TPSA) is 29.3 Å². The van der Waals surface area contributed by atoms with E-state index in [1.807, 2.05) is 0 Å². The van der Waals surface area contributed by atoms with Gasteiger partial charge in [-0.3, -0.25) is 0 Å². The second kappa shape index (κ2) is 8.45. The van der Waals surface area contributed by atoms with Crippen LogP contribution in [0.3, 0.4) is 0 Å². The van der Waals surface area contributed by atoms with Gasteiger partial charge >= 0.3 is 0 Å². The van der Waals surface area contributed by atoms with E-state index in [0.717, 1.165) is 19.5 Å². The summed E-state index contributed by atoms with van der Waals surface area (Å²) in [5.74, 6) is 0. The van der Waals surface area contributed by atoms with Crippen molar-refractivity contribution in [3.63, 3.8) is 0 Å². The summed E-state index contributed by atoms with van der Waals surface area (Å²) in [5.41, 5.74) is 5.40. The Morgan fingerprint density at radius 1 is 1.18 bits per heavy atom. The molecule has 0 radical (unpaired) electrons. The van der Waals surface area contributed by atoms with Crippen molar-refractivity contribution < 1.29 is 0 Å². The molecule has 0 aliphatic carbocycles. The van der Waals surface area contributed by atoms with Gasteiger partial charge in [-0.25, -0.2) is 0 Å². The molecule has 0 saturated carbocycles. The van der Waals surface area contributed by atoms with Crippen molar-refractivity contribution in [2.24, 2.45) is 5.73 Å². The molecule has 0 bridgehead atoms. The van der Waals surface area contributed by atoms with Crippen LogP contribution in [-0.4, -0.2) is 37.7 Å². The third-order valence-electron chi connectivity index (χ3n) is 1.74. The van der Waals surface area contributed by atoms with E-state index in [2.05, 4.69) is 21.2 Å². The van der Waals surface area contributed by atoms with Crippen molar-refractivity contribution >= 4 is 9.24 Å². The molecule has 0 spiro atoms. The third-order valence-corrected chi connectivity index (χ3v) is 2.15. The lowest BCUT2D eigenvalue weighted by molar-refractivity contribution is 0.326. The summed E-state index contributed by atoms with van der Waals surface area (Å²) in [5, 5.41) is 0. The molecule has 0 saturated heterocycles. The van der Waals surface area contributed by atoms with Crippen LogP contribution in [0.2, 0.25) is 0 Å². The van der Waals surface area contributed by atoms with Crippen molar-refractivity contribution in [2.75, 3.05) is 32.8 Å². The lowest BCUT2D eigenvalue weighted by Gasteiger charge is -2.15. The van der Waals surface area contributed by atoms with Gasteiger partial charge in [-0.15, -0.1) is 9.24 Å². The first-order valence-corrected chi connectivity index (χ1v) is 5.21. The molecule has 0 aromatic rings. The summed E-state index contributed by atoms with van der Waals surface area (Å²) in [6.07, 6.45) is 4.98. The van der Waals surface area contributed by atoms with Crippen LogP contribution >= 0.6 is 9.24 Å². The minimum Gasteiger partial charge on any atom is -0.330 e. The van der Waals surface area contributed by atoms with Crippen LogP contribution in [0, 0.1) is 0 Å². The van der Waals surface area contributed by atoms with Gasteiger partial charge < -0.3 is 10.6 Å². The quantitative estimate of drug-likeness (QED) is 0.461. The monoisotopic (exact) mass is 176 g/mol. The highest BCUT2D eigenvalue weighted by Gasteiger charge is 1.95. The average molecular weight is 176 g/mol. The van der Waals surface area contributed by atoms with Gasteiger partial charge in [0.2, 0.25) is 0 Å². The Morgan fingerprint density at radius 2 is 1.82 bits per heavy atom. The highest BCUT2D eigenvalue weighted by atomic mass is 31.0. The first kappa shape index (κ1) is 11.4. The van der Waals surface area contributed by atoms with Crippen molar-refractivity contribution in [3.05, 3.63) is 0 Å². The SMILES string of the molecule is CN(CCCN)CCCCP. The molecule has 0 fully saturated rings. The van der Waals surface area contributed by atoms with E-state index >= 15 is 0 Å². The molecule has 0 aliphatic heterocycles. The van der Waals surface area contributed by atoms with E-state index in [1.54, 1.807) is 0 Å². The molecule has 0 aromatic heterocycles. The molecule has 1 unspecified atom stereocenters. The fourth-order valence-corrected chi connectivity index (χ4v) is 1.29. The molecule has 68 valence electrons. The first-order chi connectivity index (χ1) is 5.31. The number of hydrogen-bond donors (Lipinski definition) is 1. The Kier molecular flexibility index (Phi) is 8.72. The number of rotatable bonds is 7. The molecule has 2 N–H and O–H groups in total. The van der Waals surface area contributed by atoms with Gasteiger partial charge in [0, 0.05) is 0 Å². The first-order valence-electron chi connectivity index (χ1n) is 4.40. The van der Waals surface area contributed by atoms with Crippen LogP contribution in [0.5, 0.6) is 0 Å². The van der Waals surface area contributed by atoms with E-state index in [0.29, 0.717) is 0 Å². The highest BCUT2D eigenvalue weighted by Crippen LogP contribution is 1.96. The molecule has 0 amide bonds. The average Bonchev–Trinajstić information content (AvgIpc) is 2.01. The van der Waals surface area contributed by atoms with Gasteiger partial charge in [-0.05, 0) is 52.1 Å². The molecule has 11 heavy (non-hydrogen) atoms. The molecule has 0 aromatic carbocycles. The van der Waals surface area contributed by atoms with E-state index in [9.17, 15) is 0 Å². The number of unbranched alkanes of at least 4 members (excludes halogenated alkanes) is 1. The zero-order chi connectivity index (χ0) is 8.53. The minimum absolute atomic E-state index is 0.813. The maximum Gasteiger partial charge on any atom is -0.000977 e. The summed E-state index contributed by atoms with van der Waals surface area (Å²) >= 11 is 0. The number of hydrogen-bond acceptors (Lipinski definition) is 2. The highest BCUT2D eigenvalue weighted by molar-refractivity contribution is 7.16. The lowest BCUT2D eigenvalue weighted by atomic mass is 10.3. The fourth-order valence-electron chi connectivity index (χ4n) is 0.999. The smallest absolute Gasteiger partial charge is 0.000977 e. The molecular weight excluding hydrogens is 155 g/mol. The Bertz CT molecular complexity index is 78.5. The molecule has 0 rings (SSSR count). The number of nitrogens with two attached hydrogens (primary N) is 1. The third kappa shape index (κ3) is 8.25. The van der Waals surface area contributed by atoms with Gasteiger partial charge in [0.1, 0.15) is 0 Å². The molecule has 0 aliphatic rings. The minimum atomic E-state index is 0.813. The standard InChI is InChI=1S/C8H21N2P/c1-10(7-4-5-9)6-2-3-8-11/h2-9,11H2,1H3. The Hall–Kier alpha value is 0.350. The van der Waals surface area contributed by atoms with E-state index in [1.165, 1.54) is 25.5 Å². The van der Waals surface area contributed by atoms with Crippen LogP contribution in [0.15, 0.2) is 0 Å². The van der Waals surface area contributed by atoms with Gasteiger partial charge in [0.15, 0.2) is 0 Å². The lowest BCUT2D eigenvalue weighted by Crippen LogP contribution is -2.22. The molecular formula is C8H21N2P. The fraction of sp³-hybridized carbons (Fsp3) is 1.00. The van der Waals surface area contributed by atoms with Gasteiger partial charge in [-0.1, -0.05) is 0 Å². The van der Waals surface area contributed by atoms with Crippen LogP contribution in [0.4, 0.5) is 0 Å². The summed E-state index contributed by atoms with van der Waals surface area (Å²) in [6, 6.07) is 0. The number of nitrogens with zero attached hydrogens (tertiary/aromatic N) is 1. The van der Waals surface area contributed by atoms with Crippen molar-refractivity contribution in [1.29, 1.82) is 0 Å². The zero-order valence-corrected chi connectivity index (χ0v) is 8.71. The molecule has 1 atom stereocenters. The molecule has 2 nitrogen and oxygen atoms in total. The van der Waals surface area contributed by atoms with E-state index in [4.69, 9.17) is 5.73 Å². The zero-order valence-electron chi connectivity index (χ0n) is 7.55. The van der Waals surface area contributed by atoms with Gasteiger partial charge in [-0.2, -0.15) is 0 Å². The normalized spacial score (nSPS) is 10.9. The second-order valence-corrected chi connectivity index (χ2v) is 3.52. The van der Waals surface area contributed by atoms with E-state index < -0.39 is 0 Å². The summed E-state index contributed by atoms with van der Waals surface area (Å²) in [6.45, 7) is 3.18.